The van der Waals surface area contributed by atoms with E-state index in [-0.39, 0.29) is 15.6 Å². The molecule has 0 aliphatic heterocycles. The van der Waals surface area contributed by atoms with Gasteiger partial charge in [-0.1, -0.05) is 46.4 Å². The van der Waals surface area contributed by atoms with E-state index in [9.17, 15) is 13.2 Å². The molecular formula is C12H3Cl4F3N4S. The first-order chi connectivity index (χ1) is 11.0. The highest BCUT2D eigenvalue weighted by Gasteiger charge is 2.33. The summed E-state index contributed by atoms with van der Waals surface area (Å²) in [6.07, 6.45) is 0.924. The average molecular weight is 434 g/mol. The summed E-state index contributed by atoms with van der Waals surface area (Å²) in [7, 11) is 0. The zero-order chi connectivity index (χ0) is 18.7. The van der Waals surface area contributed by atoms with Gasteiger partial charge in [-0.25, -0.2) is 4.99 Å². The molecule has 24 heavy (non-hydrogen) atoms. The van der Waals surface area contributed by atoms with Crippen LogP contribution < -0.4 is 5.73 Å². The lowest BCUT2D eigenvalue weighted by atomic mass is 10.2. The first kappa shape index (κ1) is 20.8. The van der Waals surface area contributed by atoms with Crippen molar-refractivity contribution in [1.29, 1.82) is 10.5 Å². The molecule has 12 heteroatoms. The van der Waals surface area contributed by atoms with Crippen LogP contribution in [-0.4, -0.2) is 11.7 Å². The van der Waals surface area contributed by atoms with Crippen molar-refractivity contribution in [3.05, 3.63) is 37.0 Å². The molecule has 0 aliphatic carbocycles. The summed E-state index contributed by atoms with van der Waals surface area (Å²) in [5.74, 6) is 0. The number of hydrogen-bond acceptors (Lipinski definition) is 5. The summed E-state index contributed by atoms with van der Waals surface area (Å²) in [4.78, 5) is 3.06. The van der Waals surface area contributed by atoms with Crippen molar-refractivity contribution < 1.29 is 13.2 Å². The molecule has 4 nitrogen and oxygen atoms in total. The largest absolute Gasteiger partial charge is 0.446 e. The Morgan fingerprint density at radius 2 is 1.54 bits per heavy atom. The number of halogens is 7. The summed E-state index contributed by atoms with van der Waals surface area (Å²) in [6.45, 7) is 0. The number of hydrogen-bond donors (Lipinski definition) is 1. The third-order valence-corrected chi connectivity index (χ3v) is 5.08. The van der Waals surface area contributed by atoms with Crippen molar-refractivity contribution in [3.8, 4) is 12.1 Å². The van der Waals surface area contributed by atoms with E-state index in [0.717, 1.165) is 6.21 Å². The molecule has 1 aromatic carbocycles. The molecular weight excluding hydrogens is 431 g/mol. The Labute approximate surface area is 158 Å². The van der Waals surface area contributed by atoms with E-state index in [1.54, 1.807) is 6.07 Å². The van der Waals surface area contributed by atoms with Gasteiger partial charge in [-0.15, -0.1) is 0 Å². The molecule has 0 saturated heterocycles. The second-order valence-electron chi connectivity index (χ2n) is 3.79. The van der Waals surface area contributed by atoms with Gasteiger partial charge in [0.2, 0.25) is 0 Å². The minimum atomic E-state index is -4.66. The van der Waals surface area contributed by atoms with E-state index in [0.29, 0.717) is 0 Å². The first-order valence-corrected chi connectivity index (χ1v) is 7.82. The predicted molar refractivity (Wildman–Crippen MR) is 88.4 cm³/mol. The van der Waals surface area contributed by atoms with Crippen molar-refractivity contribution in [2.24, 2.45) is 10.7 Å². The van der Waals surface area contributed by atoms with E-state index in [4.69, 9.17) is 62.7 Å². The standard InChI is InChI=1S/C12H3Cl4F3N4S/c13-7-4(3-23-6(2-21)5(22)1-20)8(14)10(16)11(9(7)15)24-12(17,18)19/h3H,22H2/b6-5-,23-3?. The third-order valence-electron chi connectivity index (χ3n) is 2.28. The molecule has 126 valence electrons. The Bertz CT molecular complexity index is 793. The number of allylic oxidation sites excluding steroid dienone is 2. The fourth-order valence-electron chi connectivity index (χ4n) is 1.29. The fourth-order valence-corrected chi connectivity index (χ4v) is 3.21. The van der Waals surface area contributed by atoms with Gasteiger partial charge in [-0.05, 0) is 11.8 Å². The van der Waals surface area contributed by atoms with E-state index in [1.165, 1.54) is 6.07 Å². The maximum atomic E-state index is 12.5. The van der Waals surface area contributed by atoms with Gasteiger partial charge in [0.1, 0.15) is 17.8 Å². The number of nitrogens with zero attached hydrogens (tertiary/aromatic N) is 3. The van der Waals surface area contributed by atoms with Crippen molar-refractivity contribution in [2.45, 2.75) is 10.4 Å². The van der Waals surface area contributed by atoms with Crippen molar-refractivity contribution >= 4 is 64.4 Å². The van der Waals surface area contributed by atoms with Crippen molar-refractivity contribution in [3.63, 3.8) is 0 Å². The molecule has 0 aliphatic rings. The Hall–Kier alpha value is -1.29. The average Bonchev–Trinajstić information content (AvgIpc) is 2.51. The smallest absolute Gasteiger partial charge is 0.388 e. The first-order valence-electron chi connectivity index (χ1n) is 5.49. The highest BCUT2D eigenvalue weighted by atomic mass is 35.5. The second kappa shape index (κ2) is 8.19. The van der Waals surface area contributed by atoms with Gasteiger partial charge in [0.05, 0.1) is 25.0 Å². The van der Waals surface area contributed by atoms with Crippen LogP contribution in [0.3, 0.4) is 0 Å². The number of thioether (sulfide) groups is 1. The van der Waals surface area contributed by atoms with Gasteiger partial charge in [0, 0.05) is 11.8 Å². The van der Waals surface area contributed by atoms with Crippen LogP contribution in [-0.2, 0) is 0 Å². The van der Waals surface area contributed by atoms with Gasteiger partial charge in [0.15, 0.2) is 5.70 Å². The second-order valence-corrected chi connectivity index (χ2v) is 6.38. The number of aliphatic imine (C=N–C) groups is 1. The number of alkyl halides is 3. The molecule has 0 radical (unpaired) electrons. The van der Waals surface area contributed by atoms with Crippen molar-refractivity contribution in [1.82, 2.24) is 0 Å². The number of rotatable bonds is 3. The summed E-state index contributed by atoms with van der Waals surface area (Å²) >= 11 is 22.8. The molecule has 0 bridgehead atoms. The van der Waals surface area contributed by atoms with E-state index >= 15 is 0 Å². The number of nitriles is 2. The van der Waals surface area contributed by atoms with Crippen LogP contribution >= 0.6 is 58.2 Å². The molecule has 0 unspecified atom stereocenters. The maximum Gasteiger partial charge on any atom is 0.446 e. The topological polar surface area (TPSA) is 86.0 Å². The molecule has 1 rings (SSSR count). The summed E-state index contributed by atoms with van der Waals surface area (Å²) in [5.41, 5.74) is -0.438. The van der Waals surface area contributed by atoms with Crippen LogP contribution in [0.4, 0.5) is 13.2 Å². The van der Waals surface area contributed by atoms with Crippen LogP contribution in [0.25, 0.3) is 0 Å². The van der Waals surface area contributed by atoms with E-state index in [2.05, 4.69) is 4.99 Å². The molecule has 0 amide bonds. The normalized spacial score (nSPS) is 12.7. The molecule has 0 spiro atoms. The fraction of sp³-hybridized carbons (Fsp3) is 0.0833. The maximum absolute atomic E-state index is 12.5. The van der Waals surface area contributed by atoms with Crippen LogP contribution in [0.2, 0.25) is 20.1 Å². The molecule has 0 aromatic heterocycles. The third kappa shape index (κ3) is 4.85. The lowest BCUT2D eigenvalue weighted by Crippen LogP contribution is -2.02. The monoisotopic (exact) mass is 432 g/mol. The molecule has 1 aromatic rings. The SMILES string of the molecule is N#C/C(N)=C(\C#N)N=Cc1c(Cl)c(Cl)c(SC(F)(F)F)c(Cl)c1Cl. The lowest BCUT2D eigenvalue weighted by Gasteiger charge is -2.14. The Morgan fingerprint density at radius 1 is 1.04 bits per heavy atom. The van der Waals surface area contributed by atoms with Gasteiger partial charge < -0.3 is 5.73 Å². The van der Waals surface area contributed by atoms with Crippen LogP contribution in [0.5, 0.6) is 0 Å². The number of benzene rings is 1. The summed E-state index contributed by atoms with van der Waals surface area (Å²) in [6, 6.07) is 3.08. The van der Waals surface area contributed by atoms with E-state index in [1.807, 2.05) is 0 Å². The number of nitrogens with two attached hydrogens (primary N) is 1. The Kier molecular flexibility index (Phi) is 7.09. The highest BCUT2D eigenvalue weighted by molar-refractivity contribution is 8.00. The zero-order valence-electron chi connectivity index (χ0n) is 11.1. The molecule has 0 heterocycles. The van der Waals surface area contributed by atoms with Gasteiger partial charge in [-0.2, -0.15) is 23.7 Å². The Balaban J connectivity index is 3.50. The van der Waals surface area contributed by atoms with Gasteiger partial charge in [-0.3, -0.25) is 0 Å². The van der Waals surface area contributed by atoms with Crippen LogP contribution in [0, 0.1) is 22.7 Å². The van der Waals surface area contributed by atoms with Gasteiger partial charge >= 0.3 is 5.51 Å². The highest BCUT2D eigenvalue weighted by Crippen LogP contribution is 2.49. The lowest BCUT2D eigenvalue weighted by molar-refractivity contribution is -0.0328. The molecule has 0 atom stereocenters. The van der Waals surface area contributed by atoms with Crippen LogP contribution in [0.1, 0.15) is 5.56 Å². The van der Waals surface area contributed by atoms with Gasteiger partial charge in [0.25, 0.3) is 0 Å². The zero-order valence-corrected chi connectivity index (χ0v) is 14.9. The minimum absolute atomic E-state index is 0.127. The quantitative estimate of drug-likeness (QED) is 0.293. The van der Waals surface area contributed by atoms with E-state index < -0.39 is 43.6 Å². The van der Waals surface area contributed by atoms with Crippen LogP contribution in [0.15, 0.2) is 21.3 Å². The molecule has 0 saturated carbocycles. The molecule has 2 N–H and O–H groups in total. The molecule has 0 fully saturated rings. The Morgan fingerprint density at radius 3 is 1.92 bits per heavy atom. The predicted octanol–water partition coefficient (Wildman–Crippen LogP) is 5.55. The minimum Gasteiger partial charge on any atom is -0.388 e. The summed E-state index contributed by atoms with van der Waals surface area (Å²) < 4.78 is 37.6. The summed E-state index contributed by atoms with van der Waals surface area (Å²) in [5, 5.41) is 15.8. The van der Waals surface area contributed by atoms with Crippen molar-refractivity contribution in [2.75, 3.05) is 0 Å².